The van der Waals surface area contributed by atoms with Gasteiger partial charge in [0.15, 0.2) is 18.5 Å². The van der Waals surface area contributed by atoms with Crippen LogP contribution in [0.2, 0.25) is 0 Å². The van der Waals surface area contributed by atoms with E-state index in [4.69, 9.17) is 23.1 Å². The normalized spacial score (nSPS) is 31.4. The second kappa shape index (κ2) is 8.02. The number of hydrogen-bond acceptors (Lipinski definition) is 10. The van der Waals surface area contributed by atoms with E-state index in [9.17, 15) is 23.1 Å². The lowest BCUT2D eigenvalue weighted by Crippen LogP contribution is -2.62. The van der Waals surface area contributed by atoms with Crippen molar-refractivity contribution in [3.63, 3.8) is 0 Å². The third-order valence-electron chi connectivity index (χ3n) is 2.89. The number of aliphatic hydroxyl groups is 1. The molecule has 0 aliphatic carbocycles. The second-order valence-electron chi connectivity index (χ2n) is 4.87. The minimum atomic E-state index is -3.98. The summed E-state index contributed by atoms with van der Waals surface area (Å²) in [5.41, 5.74) is 0. The van der Waals surface area contributed by atoms with Crippen molar-refractivity contribution in [3.8, 4) is 0 Å². The summed E-state index contributed by atoms with van der Waals surface area (Å²) in [5, 5.41) is 9.39. The molecule has 1 N–H and O–H groups in total. The summed E-state index contributed by atoms with van der Waals surface area (Å²) >= 11 is 0. The van der Waals surface area contributed by atoms with E-state index in [1.165, 1.54) is 7.11 Å². The Morgan fingerprint density at radius 3 is 2.00 bits per heavy atom. The Morgan fingerprint density at radius 2 is 1.61 bits per heavy atom. The fourth-order valence-corrected chi connectivity index (χ4v) is 2.81. The number of esters is 2. The van der Waals surface area contributed by atoms with Crippen LogP contribution in [-0.2, 0) is 42.8 Å². The van der Waals surface area contributed by atoms with E-state index >= 15 is 0 Å². The van der Waals surface area contributed by atoms with Gasteiger partial charge in [-0.05, 0) is 0 Å². The summed E-state index contributed by atoms with van der Waals surface area (Å²) < 4.78 is 48.2. The number of hydrogen-bond donors (Lipinski definition) is 1. The van der Waals surface area contributed by atoms with Gasteiger partial charge in [0.1, 0.15) is 12.2 Å². The van der Waals surface area contributed by atoms with E-state index < -0.39 is 59.4 Å². The van der Waals surface area contributed by atoms with Gasteiger partial charge in [-0.3, -0.25) is 13.8 Å². The van der Waals surface area contributed by atoms with Gasteiger partial charge in [-0.15, -0.1) is 0 Å². The van der Waals surface area contributed by atoms with Crippen LogP contribution in [0, 0.1) is 0 Å². The maximum Gasteiger partial charge on any atom is 0.303 e. The average molecular weight is 356 g/mol. The summed E-state index contributed by atoms with van der Waals surface area (Å²) in [6.07, 6.45) is -5.59. The highest BCUT2D eigenvalue weighted by Gasteiger charge is 2.52. The molecule has 1 heterocycles. The SMILES string of the molecule is CO[C@H]1O[C@H](CO)[C@@H](OS(C)(=O)=O)[C@H](OC(C)=O)[C@H]1OC(C)=O. The van der Waals surface area contributed by atoms with Crippen LogP contribution in [0.1, 0.15) is 13.8 Å². The van der Waals surface area contributed by atoms with Crippen LogP contribution in [0.25, 0.3) is 0 Å². The van der Waals surface area contributed by atoms with Crippen molar-refractivity contribution >= 4 is 22.1 Å². The van der Waals surface area contributed by atoms with Gasteiger partial charge in [-0.2, -0.15) is 8.42 Å². The summed E-state index contributed by atoms with van der Waals surface area (Å²) in [6.45, 7) is 1.57. The monoisotopic (exact) mass is 356 g/mol. The quantitative estimate of drug-likeness (QED) is 0.445. The molecule has 1 saturated heterocycles. The van der Waals surface area contributed by atoms with Gasteiger partial charge >= 0.3 is 11.9 Å². The smallest absolute Gasteiger partial charge is 0.303 e. The molecule has 0 saturated carbocycles. The molecule has 0 aromatic rings. The van der Waals surface area contributed by atoms with Crippen LogP contribution in [-0.4, -0.2) is 76.1 Å². The predicted octanol–water partition coefficient (Wildman–Crippen LogP) is -1.44. The van der Waals surface area contributed by atoms with Crippen molar-refractivity contribution in [2.45, 2.75) is 44.6 Å². The first-order valence-corrected chi connectivity index (χ1v) is 8.42. The molecule has 10 nitrogen and oxygen atoms in total. The molecular formula is C12H20O10S. The van der Waals surface area contributed by atoms with Crippen LogP contribution < -0.4 is 0 Å². The third-order valence-corrected chi connectivity index (χ3v) is 3.47. The molecule has 0 spiro atoms. The standard InChI is InChI=1S/C12H20O10S/c1-6(14)19-10-9(22-23(4,16)17)8(5-13)21-12(18-3)11(10)20-7(2)15/h8-13H,5H2,1-4H3/t8-,9-,10+,11-,12+/m1/s1. The minimum absolute atomic E-state index is 0.634. The Kier molecular flexibility index (Phi) is 6.89. The molecule has 23 heavy (non-hydrogen) atoms. The molecule has 5 atom stereocenters. The fraction of sp³-hybridized carbons (Fsp3) is 0.833. The predicted molar refractivity (Wildman–Crippen MR) is 73.6 cm³/mol. The minimum Gasteiger partial charge on any atom is -0.455 e. The second-order valence-corrected chi connectivity index (χ2v) is 6.47. The lowest BCUT2D eigenvalue weighted by Gasteiger charge is -2.43. The molecule has 0 unspecified atom stereocenters. The maximum atomic E-state index is 11.4. The molecule has 1 rings (SSSR count). The highest BCUT2D eigenvalue weighted by Crippen LogP contribution is 2.29. The lowest BCUT2D eigenvalue weighted by molar-refractivity contribution is -0.295. The Bertz CT molecular complexity index is 530. The molecule has 11 heteroatoms. The van der Waals surface area contributed by atoms with Crippen LogP contribution in [0.5, 0.6) is 0 Å². The molecule has 0 aromatic heterocycles. The van der Waals surface area contributed by atoms with E-state index in [1.807, 2.05) is 0 Å². The average Bonchev–Trinajstić information content (AvgIpc) is 2.40. The highest BCUT2D eigenvalue weighted by atomic mass is 32.2. The van der Waals surface area contributed by atoms with Crippen LogP contribution in [0.4, 0.5) is 0 Å². The molecular weight excluding hydrogens is 336 g/mol. The number of carbonyl (C=O) groups excluding carboxylic acids is 2. The Balaban J connectivity index is 3.23. The van der Waals surface area contributed by atoms with E-state index in [0.29, 0.717) is 0 Å². The first-order chi connectivity index (χ1) is 10.6. The first-order valence-electron chi connectivity index (χ1n) is 6.61. The van der Waals surface area contributed by atoms with Crippen molar-refractivity contribution < 1.29 is 46.2 Å². The Morgan fingerprint density at radius 1 is 1.09 bits per heavy atom. The number of methoxy groups -OCH3 is 1. The molecule has 1 fully saturated rings. The van der Waals surface area contributed by atoms with E-state index in [-0.39, 0.29) is 0 Å². The molecule has 134 valence electrons. The largest absolute Gasteiger partial charge is 0.455 e. The summed E-state index contributed by atoms with van der Waals surface area (Å²) in [5.74, 6) is -1.49. The molecule has 0 aromatic carbocycles. The van der Waals surface area contributed by atoms with Gasteiger partial charge in [-0.25, -0.2) is 0 Å². The van der Waals surface area contributed by atoms with E-state index in [1.54, 1.807) is 0 Å². The zero-order valence-electron chi connectivity index (χ0n) is 13.1. The third kappa shape index (κ3) is 5.70. The van der Waals surface area contributed by atoms with Crippen molar-refractivity contribution in [3.05, 3.63) is 0 Å². The number of ether oxygens (including phenoxy) is 4. The Hall–Kier alpha value is -1.27. The van der Waals surface area contributed by atoms with Gasteiger partial charge < -0.3 is 24.1 Å². The van der Waals surface area contributed by atoms with Gasteiger partial charge in [-0.1, -0.05) is 0 Å². The molecule has 1 aliphatic heterocycles. The van der Waals surface area contributed by atoms with Crippen LogP contribution in [0.3, 0.4) is 0 Å². The van der Waals surface area contributed by atoms with Crippen LogP contribution >= 0.6 is 0 Å². The molecule has 0 bridgehead atoms. The Labute approximate surface area is 133 Å². The zero-order chi connectivity index (χ0) is 17.8. The molecule has 0 amide bonds. The summed E-state index contributed by atoms with van der Waals surface area (Å²) in [4.78, 5) is 22.6. The van der Waals surface area contributed by atoms with Crippen LogP contribution in [0.15, 0.2) is 0 Å². The fourth-order valence-electron chi connectivity index (χ4n) is 2.18. The topological polar surface area (TPSA) is 135 Å². The number of aliphatic hydroxyl groups excluding tert-OH is 1. The summed E-state index contributed by atoms with van der Waals surface area (Å²) in [7, 11) is -2.73. The van der Waals surface area contributed by atoms with Crippen molar-refractivity contribution in [1.29, 1.82) is 0 Å². The van der Waals surface area contributed by atoms with Crippen molar-refractivity contribution in [1.82, 2.24) is 0 Å². The van der Waals surface area contributed by atoms with Crippen molar-refractivity contribution in [2.75, 3.05) is 20.0 Å². The van der Waals surface area contributed by atoms with Gasteiger partial charge in [0.05, 0.1) is 12.9 Å². The van der Waals surface area contributed by atoms with Gasteiger partial charge in [0.25, 0.3) is 10.1 Å². The molecule has 0 radical (unpaired) electrons. The first kappa shape index (κ1) is 19.8. The van der Waals surface area contributed by atoms with Crippen molar-refractivity contribution in [2.24, 2.45) is 0 Å². The highest BCUT2D eigenvalue weighted by molar-refractivity contribution is 7.86. The zero-order valence-corrected chi connectivity index (χ0v) is 13.9. The number of carbonyl (C=O) groups is 2. The summed E-state index contributed by atoms with van der Waals surface area (Å²) in [6, 6.07) is 0. The van der Waals surface area contributed by atoms with E-state index in [0.717, 1.165) is 20.1 Å². The van der Waals surface area contributed by atoms with Gasteiger partial charge in [0.2, 0.25) is 0 Å². The lowest BCUT2D eigenvalue weighted by atomic mass is 9.98. The van der Waals surface area contributed by atoms with E-state index in [2.05, 4.69) is 0 Å². The van der Waals surface area contributed by atoms with Gasteiger partial charge in [0, 0.05) is 21.0 Å². The molecule has 1 aliphatic rings. The maximum absolute atomic E-state index is 11.4. The number of rotatable bonds is 6.